The minimum Gasteiger partial charge on any atom is -0.469 e. The topological polar surface area (TPSA) is 35.5 Å². The Morgan fingerprint density at radius 2 is 1.00 bits per heavy atom. The van der Waals surface area contributed by atoms with Crippen molar-refractivity contribution in [2.24, 2.45) is 0 Å². The van der Waals surface area contributed by atoms with Crippen LogP contribution >= 0.6 is 0 Å². The molecule has 0 rings (SSSR count). The van der Waals surface area contributed by atoms with E-state index in [-0.39, 0.29) is 5.97 Å². The molecule has 0 spiro atoms. The van der Waals surface area contributed by atoms with Gasteiger partial charge in [0.1, 0.15) is 0 Å². The molecule has 0 unspecified atom stereocenters. The van der Waals surface area contributed by atoms with Crippen LogP contribution in [0.4, 0.5) is 0 Å². The lowest BCUT2D eigenvalue weighted by atomic mass is 10.0. The summed E-state index contributed by atoms with van der Waals surface area (Å²) in [4.78, 5) is 11.0. The highest BCUT2D eigenvalue weighted by Crippen LogP contribution is 2.13. The second-order valence-electron chi connectivity index (χ2n) is 6.83. The largest absolute Gasteiger partial charge is 0.469 e. The Bertz CT molecular complexity index is 253. The van der Waals surface area contributed by atoms with Crippen molar-refractivity contribution in [2.75, 3.05) is 20.3 Å². The second-order valence-corrected chi connectivity index (χ2v) is 6.83. The molecular formula is C21H42O3. The monoisotopic (exact) mass is 342 g/mol. The predicted octanol–water partition coefficient (Wildman–Crippen LogP) is 6.44. The third kappa shape index (κ3) is 19.5. The van der Waals surface area contributed by atoms with Gasteiger partial charge in [-0.3, -0.25) is 4.79 Å². The number of hydrogen-bond donors (Lipinski definition) is 0. The maximum absolute atomic E-state index is 11.0. The van der Waals surface area contributed by atoms with E-state index < -0.39 is 0 Å². The SMILES string of the molecule is CCOCCCCCCCCCCCCCCCCCC(=O)OC. The number of methoxy groups -OCH3 is 1. The highest BCUT2D eigenvalue weighted by atomic mass is 16.5. The number of carbonyl (C=O) groups is 1. The van der Waals surface area contributed by atoms with Gasteiger partial charge in [0.2, 0.25) is 0 Å². The van der Waals surface area contributed by atoms with E-state index in [0.29, 0.717) is 6.42 Å². The number of rotatable bonds is 19. The summed E-state index contributed by atoms with van der Waals surface area (Å²) in [6.45, 7) is 3.87. The van der Waals surface area contributed by atoms with Gasteiger partial charge in [-0.05, 0) is 19.8 Å². The van der Waals surface area contributed by atoms with Gasteiger partial charge in [-0.1, -0.05) is 83.5 Å². The number of ether oxygens (including phenoxy) is 2. The second kappa shape index (κ2) is 20.5. The van der Waals surface area contributed by atoms with E-state index in [4.69, 9.17) is 4.74 Å². The molecule has 0 heterocycles. The molecule has 3 heteroatoms. The zero-order chi connectivity index (χ0) is 17.7. The first-order valence-electron chi connectivity index (χ1n) is 10.5. The molecule has 0 aromatic heterocycles. The van der Waals surface area contributed by atoms with Gasteiger partial charge in [0.05, 0.1) is 7.11 Å². The Morgan fingerprint density at radius 1 is 0.625 bits per heavy atom. The molecule has 0 aliphatic rings. The molecule has 0 bridgehead atoms. The fourth-order valence-corrected chi connectivity index (χ4v) is 3.02. The quantitative estimate of drug-likeness (QED) is 0.200. The van der Waals surface area contributed by atoms with Crippen LogP contribution in [0.5, 0.6) is 0 Å². The molecule has 0 amide bonds. The summed E-state index contributed by atoms with van der Waals surface area (Å²) in [5, 5.41) is 0. The molecule has 0 radical (unpaired) electrons. The van der Waals surface area contributed by atoms with Crippen LogP contribution in [0, 0.1) is 0 Å². The van der Waals surface area contributed by atoms with Crippen LogP contribution in [0.25, 0.3) is 0 Å². The zero-order valence-electron chi connectivity index (χ0n) is 16.5. The van der Waals surface area contributed by atoms with Gasteiger partial charge in [-0.15, -0.1) is 0 Å². The van der Waals surface area contributed by atoms with Crippen LogP contribution in [-0.4, -0.2) is 26.3 Å². The summed E-state index contributed by atoms with van der Waals surface area (Å²) in [6.07, 6.45) is 20.5. The van der Waals surface area contributed by atoms with E-state index in [0.717, 1.165) is 19.6 Å². The fraction of sp³-hybridized carbons (Fsp3) is 0.952. The first-order chi connectivity index (χ1) is 11.8. The smallest absolute Gasteiger partial charge is 0.305 e. The fourth-order valence-electron chi connectivity index (χ4n) is 3.02. The normalized spacial score (nSPS) is 10.9. The summed E-state index contributed by atoms with van der Waals surface area (Å²) in [5.41, 5.74) is 0. The number of unbranched alkanes of at least 4 members (excludes halogenated alkanes) is 14. The summed E-state index contributed by atoms with van der Waals surface area (Å²) in [6, 6.07) is 0. The van der Waals surface area contributed by atoms with Crippen molar-refractivity contribution in [1.82, 2.24) is 0 Å². The first-order valence-corrected chi connectivity index (χ1v) is 10.5. The van der Waals surface area contributed by atoms with Gasteiger partial charge in [-0.2, -0.15) is 0 Å². The van der Waals surface area contributed by atoms with E-state index in [2.05, 4.69) is 11.7 Å². The molecule has 0 saturated carbocycles. The Hall–Kier alpha value is -0.570. The van der Waals surface area contributed by atoms with E-state index in [1.54, 1.807) is 0 Å². The summed E-state index contributed by atoms with van der Waals surface area (Å²) in [7, 11) is 1.46. The maximum Gasteiger partial charge on any atom is 0.305 e. The van der Waals surface area contributed by atoms with Crippen LogP contribution in [0.2, 0.25) is 0 Å². The molecule has 144 valence electrons. The van der Waals surface area contributed by atoms with Crippen molar-refractivity contribution in [3.63, 3.8) is 0 Å². The predicted molar refractivity (Wildman–Crippen MR) is 102 cm³/mol. The van der Waals surface area contributed by atoms with Crippen molar-refractivity contribution in [3.05, 3.63) is 0 Å². The zero-order valence-corrected chi connectivity index (χ0v) is 16.5. The standard InChI is InChI=1S/C21H42O3/c1-3-24-20-18-16-14-12-10-8-6-4-5-7-9-11-13-15-17-19-21(22)23-2/h3-20H2,1-2H3. The van der Waals surface area contributed by atoms with E-state index in [1.165, 1.54) is 97.0 Å². The average Bonchev–Trinajstić information content (AvgIpc) is 2.60. The number of carbonyl (C=O) groups excluding carboxylic acids is 1. The highest BCUT2D eigenvalue weighted by Gasteiger charge is 1.99. The molecular weight excluding hydrogens is 300 g/mol. The van der Waals surface area contributed by atoms with Crippen LogP contribution in [0.15, 0.2) is 0 Å². The minimum atomic E-state index is -0.0690. The van der Waals surface area contributed by atoms with Crippen LogP contribution in [0.3, 0.4) is 0 Å². The molecule has 3 nitrogen and oxygen atoms in total. The summed E-state index contributed by atoms with van der Waals surface area (Å²) < 4.78 is 9.99. The third-order valence-electron chi connectivity index (χ3n) is 4.60. The van der Waals surface area contributed by atoms with Gasteiger partial charge >= 0.3 is 5.97 Å². The van der Waals surface area contributed by atoms with Crippen molar-refractivity contribution < 1.29 is 14.3 Å². The van der Waals surface area contributed by atoms with Crippen LogP contribution < -0.4 is 0 Å². The molecule has 0 atom stereocenters. The molecule has 0 aliphatic heterocycles. The first kappa shape index (κ1) is 23.4. The van der Waals surface area contributed by atoms with Crippen molar-refractivity contribution >= 4 is 5.97 Å². The summed E-state index contributed by atoms with van der Waals surface area (Å²) in [5.74, 6) is -0.0690. The molecule has 0 N–H and O–H groups in total. The summed E-state index contributed by atoms with van der Waals surface area (Å²) >= 11 is 0. The molecule has 24 heavy (non-hydrogen) atoms. The van der Waals surface area contributed by atoms with Crippen LogP contribution in [0.1, 0.15) is 110 Å². The number of hydrogen-bond acceptors (Lipinski definition) is 3. The number of esters is 1. The average molecular weight is 343 g/mol. The lowest BCUT2D eigenvalue weighted by Gasteiger charge is -2.04. The Labute approximate surface area is 150 Å². The lowest BCUT2D eigenvalue weighted by molar-refractivity contribution is -0.140. The Morgan fingerprint density at radius 3 is 1.38 bits per heavy atom. The van der Waals surface area contributed by atoms with Gasteiger partial charge in [0.15, 0.2) is 0 Å². The van der Waals surface area contributed by atoms with E-state index in [1.807, 2.05) is 0 Å². The van der Waals surface area contributed by atoms with Gasteiger partial charge in [-0.25, -0.2) is 0 Å². The van der Waals surface area contributed by atoms with Crippen molar-refractivity contribution in [3.8, 4) is 0 Å². The van der Waals surface area contributed by atoms with E-state index in [9.17, 15) is 4.79 Å². The Balaban J connectivity index is 2.99. The lowest BCUT2D eigenvalue weighted by Crippen LogP contribution is -1.99. The van der Waals surface area contributed by atoms with Crippen molar-refractivity contribution in [2.45, 2.75) is 110 Å². The molecule has 0 fully saturated rings. The molecule has 0 aromatic rings. The van der Waals surface area contributed by atoms with Crippen molar-refractivity contribution in [1.29, 1.82) is 0 Å². The maximum atomic E-state index is 11.0. The minimum absolute atomic E-state index is 0.0690. The molecule has 0 saturated heterocycles. The third-order valence-corrected chi connectivity index (χ3v) is 4.60. The van der Waals surface area contributed by atoms with Gasteiger partial charge < -0.3 is 9.47 Å². The van der Waals surface area contributed by atoms with Crippen LogP contribution in [-0.2, 0) is 14.3 Å². The highest BCUT2D eigenvalue weighted by molar-refractivity contribution is 5.68. The van der Waals surface area contributed by atoms with Gasteiger partial charge in [0.25, 0.3) is 0 Å². The van der Waals surface area contributed by atoms with E-state index >= 15 is 0 Å². The molecule has 0 aliphatic carbocycles. The van der Waals surface area contributed by atoms with Gasteiger partial charge in [0, 0.05) is 19.6 Å². The molecule has 0 aromatic carbocycles. The Kier molecular flexibility index (Phi) is 20.0.